The number of thiophene rings is 1. The second kappa shape index (κ2) is 10.0. The van der Waals surface area contributed by atoms with Crippen molar-refractivity contribution in [3.63, 3.8) is 0 Å². The van der Waals surface area contributed by atoms with Crippen molar-refractivity contribution in [1.82, 2.24) is 10.7 Å². The number of hydrogen-bond acceptors (Lipinski definition) is 4. The molecule has 0 fully saturated rings. The van der Waals surface area contributed by atoms with Crippen molar-refractivity contribution in [2.45, 2.75) is 0 Å². The van der Waals surface area contributed by atoms with Gasteiger partial charge in [0.05, 0.1) is 16.3 Å². The maximum Gasteiger partial charge on any atom is 0.287 e. The summed E-state index contributed by atoms with van der Waals surface area (Å²) in [7, 11) is 0. The molecule has 0 aliphatic carbocycles. The van der Waals surface area contributed by atoms with Crippen LogP contribution in [0.15, 0.2) is 76.8 Å². The first-order valence-electron chi connectivity index (χ1n) is 8.43. The molecule has 1 aromatic heterocycles. The Bertz CT molecular complexity index is 1060. The van der Waals surface area contributed by atoms with Gasteiger partial charge in [0.2, 0.25) is 0 Å². The summed E-state index contributed by atoms with van der Waals surface area (Å²) in [6, 6.07) is 17.4. The number of nitrogens with zero attached hydrogens (tertiary/aromatic N) is 1. The first kappa shape index (κ1) is 20.8. The number of halogens is 2. The van der Waals surface area contributed by atoms with E-state index in [-0.39, 0.29) is 5.70 Å². The van der Waals surface area contributed by atoms with Gasteiger partial charge < -0.3 is 5.32 Å². The summed E-state index contributed by atoms with van der Waals surface area (Å²) in [6.07, 6.45) is 2.97. The fourth-order valence-corrected chi connectivity index (χ4v) is 3.31. The van der Waals surface area contributed by atoms with Crippen molar-refractivity contribution in [2.75, 3.05) is 0 Å². The van der Waals surface area contributed by atoms with Crippen LogP contribution in [0.25, 0.3) is 6.08 Å². The van der Waals surface area contributed by atoms with Gasteiger partial charge in [-0.05, 0) is 35.7 Å². The zero-order valence-corrected chi connectivity index (χ0v) is 17.3. The summed E-state index contributed by atoms with van der Waals surface area (Å²) >= 11 is 13.5. The van der Waals surface area contributed by atoms with Crippen LogP contribution in [0.3, 0.4) is 0 Å². The van der Waals surface area contributed by atoms with Crippen molar-refractivity contribution in [2.24, 2.45) is 5.10 Å². The Morgan fingerprint density at radius 2 is 1.76 bits per heavy atom. The number of carbonyl (C=O) groups excluding carboxylic acids is 2. The quantitative estimate of drug-likeness (QED) is 0.320. The molecule has 2 aromatic carbocycles. The molecule has 0 radical (unpaired) electrons. The van der Waals surface area contributed by atoms with Crippen LogP contribution in [0.1, 0.15) is 20.8 Å². The molecule has 0 aliphatic rings. The molecule has 29 heavy (non-hydrogen) atoms. The van der Waals surface area contributed by atoms with E-state index in [9.17, 15) is 9.59 Å². The first-order chi connectivity index (χ1) is 14.0. The highest BCUT2D eigenvalue weighted by Crippen LogP contribution is 2.24. The second-order valence-electron chi connectivity index (χ2n) is 5.74. The molecule has 0 aliphatic heterocycles. The van der Waals surface area contributed by atoms with E-state index in [1.165, 1.54) is 17.6 Å². The van der Waals surface area contributed by atoms with Crippen molar-refractivity contribution in [1.29, 1.82) is 0 Å². The third-order valence-corrected chi connectivity index (χ3v) is 5.36. The highest BCUT2D eigenvalue weighted by Gasteiger charge is 2.14. The fraction of sp³-hybridized carbons (Fsp3) is 0. The largest absolute Gasteiger partial charge is 0.317 e. The van der Waals surface area contributed by atoms with Crippen LogP contribution in [0.2, 0.25) is 10.0 Å². The lowest BCUT2D eigenvalue weighted by molar-refractivity contribution is -0.117. The molecule has 8 heteroatoms. The van der Waals surface area contributed by atoms with Crippen LogP contribution in [0.4, 0.5) is 0 Å². The Hall–Kier alpha value is -2.93. The standard InChI is InChI=1S/C21H15Cl2N3O2S/c22-17-10-4-8-15(19(17)23)13-24-26-21(28)18(12-16-9-5-11-29-16)25-20(27)14-6-2-1-3-7-14/h1-13H,(H,25,27)(H,26,28)/b18-12+,24-13+. The Balaban J connectivity index is 1.77. The molecule has 0 spiro atoms. The van der Waals surface area contributed by atoms with Crippen LogP contribution >= 0.6 is 34.5 Å². The molecule has 0 saturated carbocycles. The summed E-state index contributed by atoms with van der Waals surface area (Å²) < 4.78 is 0. The molecule has 0 atom stereocenters. The SMILES string of the molecule is O=C(N/N=C/c1cccc(Cl)c1Cl)/C(=C\c1cccs1)NC(=O)c1ccccc1. The number of hydrazone groups is 1. The molecule has 0 unspecified atom stereocenters. The van der Waals surface area contributed by atoms with Gasteiger partial charge >= 0.3 is 0 Å². The maximum absolute atomic E-state index is 12.6. The lowest BCUT2D eigenvalue weighted by atomic mass is 10.2. The van der Waals surface area contributed by atoms with Crippen molar-refractivity contribution >= 4 is 58.6 Å². The minimum Gasteiger partial charge on any atom is -0.317 e. The summed E-state index contributed by atoms with van der Waals surface area (Å²) in [5, 5.41) is 9.15. The normalized spacial score (nSPS) is 11.4. The van der Waals surface area contributed by atoms with E-state index in [2.05, 4.69) is 15.8 Å². The molecule has 3 aromatic rings. The Kier molecular flexibility index (Phi) is 7.19. The number of amides is 2. The molecular formula is C21H15Cl2N3O2S. The van der Waals surface area contributed by atoms with E-state index in [1.807, 2.05) is 23.6 Å². The molecule has 2 N–H and O–H groups in total. The van der Waals surface area contributed by atoms with Gasteiger partial charge in [-0.1, -0.05) is 59.6 Å². The van der Waals surface area contributed by atoms with Crippen LogP contribution in [-0.2, 0) is 4.79 Å². The minimum atomic E-state index is -0.572. The van der Waals surface area contributed by atoms with Crippen molar-refractivity contribution in [3.05, 3.63) is 97.8 Å². The molecule has 3 rings (SSSR count). The van der Waals surface area contributed by atoms with Gasteiger partial charge in [0.1, 0.15) is 5.70 Å². The van der Waals surface area contributed by atoms with Gasteiger partial charge in [0, 0.05) is 16.0 Å². The first-order valence-corrected chi connectivity index (χ1v) is 10.1. The molecule has 0 saturated heterocycles. The van der Waals surface area contributed by atoms with E-state index in [0.717, 1.165) is 4.88 Å². The summed E-state index contributed by atoms with van der Waals surface area (Å²) in [5.41, 5.74) is 3.45. The predicted molar refractivity (Wildman–Crippen MR) is 118 cm³/mol. The highest BCUT2D eigenvalue weighted by molar-refractivity contribution is 7.10. The Labute approximate surface area is 181 Å². The van der Waals surface area contributed by atoms with Gasteiger partial charge in [0.25, 0.3) is 11.8 Å². The van der Waals surface area contributed by atoms with Crippen molar-refractivity contribution in [3.8, 4) is 0 Å². The van der Waals surface area contributed by atoms with Crippen LogP contribution in [0, 0.1) is 0 Å². The molecule has 5 nitrogen and oxygen atoms in total. The molecule has 2 amide bonds. The highest BCUT2D eigenvalue weighted by atomic mass is 35.5. The van der Waals surface area contributed by atoms with E-state index in [0.29, 0.717) is 21.2 Å². The average Bonchev–Trinajstić information content (AvgIpc) is 3.24. The third-order valence-electron chi connectivity index (χ3n) is 3.71. The monoisotopic (exact) mass is 443 g/mol. The third kappa shape index (κ3) is 5.77. The molecular weight excluding hydrogens is 429 g/mol. The molecule has 146 valence electrons. The predicted octanol–water partition coefficient (Wildman–Crippen LogP) is 4.98. The topological polar surface area (TPSA) is 70.6 Å². The Morgan fingerprint density at radius 1 is 0.966 bits per heavy atom. The van der Waals surface area contributed by atoms with Gasteiger partial charge in [-0.25, -0.2) is 5.43 Å². The van der Waals surface area contributed by atoms with Gasteiger partial charge in [-0.2, -0.15) is 5.10 Å². The number of carbonyl (C=O) groups is 2. The smallest absolute Gasteiger partial charge is 0.287 e. The average molecular weight is 444 g/mol. The van der Waals surface area contributed by atoms with Gasteiger partial charge in [-0.3, -0.25) is 9.59 Å². The van der Waals surface area contributed by atoms with Gasteiger partial charge in [-0.15, -0.1) is 11.3 Å². The van der Waals surface area contributed by atoms with Gasteiger partial charge in [0.15, 0.2) is 0 Å². The number of nitrogens with one attached hydrogen (secondary N) is 2. The maximum atomic E-state index is 12.6. The minimum absolute atomic E-state index is 0.0654. The van der Waals surface area contributed by atoms with E-state index in [4.69, 9.17) is 23.2 Å². The van der Waals surface area contributed by atoms with E-state index in [1.54, 1.807) is 48.5 Å². The number of hydrogen-bond donors (Lipinski definition) is 2. The summed E-state index contributed by atoms with van der Waals surface area (Å²) in [4.78, 5) is 25.9. The van der Waals surface area contributed by atoms with E-state index >= 15 is 0 Å². The Morgan fingerprint density at radius 3 is 2.48 bits per heavy atom. The summed E-state index contributed by atoms with van der Waals surface area (Å²) in [6.45, 7) is 0. The fourth-order valence-electron chi connectivity index (χ4n) is 2.30. The lowest BCUT2D eigenvalue weighted by Gasteiger charge is -2.08. The van der Waals surface area contributed by atoms with E-state index < -0.39 is 11.8 Å². The number of rotatable bonds is 6. The van der Waals surface area contributed by atoms with Crippen molar-refractivity contribution < 1.29 is 9.59 Å². The molecule has 1 heterocycles. The summed E-state index contributed by atoms with van der Waals surface area (Å²) in [5.74, 6) is -0.970. The van der Waals surface area contributed by atoms with Crippen LogP contribution in [-0.4, -0.2) is 18.0 Å². The zero-order chi connectivity index (χ0) is 20.6. The van der Waals surface area contributed by atoms with Crippen LogP contribution < -0.4 is 10.7 Å². The second-order valence-corrected chi connectivity index (χ2v) is 7.50. The van der Waals surface area contributed by atoms with Crippen LogP contribution in [0.5, 0.6) is 0 Å². The lowest BCUT2D eigenvalue weighted by Crippen LogP contribution is -2.32. The number of benzene rings is 2. The zero-order valence-electron chi connectivity index (χ0n) is 14.9. The molecule has 0 bridgehead atoms.